The fourth-order valence-electron chi connectivity index (χ4n) is 4.85. The van der Waals surface area contributed by atoms with E-state index >= 15 is 0 Å². The summed E-state index contributed by atoms with van der Waals surface area (Å²) < 4.78 is 0. The van der Waals surface area contributed by atoms with Crippen molar-refractivity contribution in [3.63, 3.8) is 0 Å². The van der Waals surface area contributed by atoms with Crippen molar-refractivity contribution in [2.75, 3.05) is 0 Å². The number of rotatable bonds is 4. The molecule has 3 rings (SSSR count). The van der Waals surface area contributed by atoms with Gasteiger partial charge in [0.25, 0.3) is 0 Å². The second-order valence-corrected chi connectivity index (χ2v) is 8.53. The highest BCUT2D eigenvalue weighted by atomic mass is 16.3. The Hall–Kier alpha value is -1.96. The van der Waals surface area contributed by atoms with E-state index in [1.165, 1.54) is 36.8 Å². The highest BCUT2D eigenvalue weighted by Crippen LogP contribution is 2.53. The van der Waals surface area contributed by atoms with Crippen LogP contribution in [0.5, 0.6) is 11.5 Å². The number of benzene rings is 2. The molecule has 2 heteroatoms. The van der Waals surface area contributed by atoms with Crippen LogP contribution in [0.25, 0.3) is 0 Å². The van der Waals surface area contributed by atoms with Crippen molar-refractivity contribution in [2.24, 2.45) is 11.3 Å². The van der Waals surface area contributed by atoms with Crippen molar-refractivity contribution in [1.82, 2.24) is 0 Å². The molecule has 0 spiro atoms. The molecule has 140 valence electrons. The van der Waals surface area contributed by atoms with E-state index < -0.39 is 0 Å². The molecule has 1 aliphatic rings. The Bertz CT molecular complexity index is 671. The summed E-state index contributed by atoms with van der Waals surface area (Å²) in [4.78, 5) is 0. The molecular formula is C24H32O2. The van der Waals surface area contributed by atoms with E-state index in [-0.39, 0.29) is 5.41 Å². The summed E-state index contributed by atoms with van der Waals surface area (Å²) in [5.74, 6) is 1.31. The minimum atomic E-state index is -0.0800. The van der Waals surface area contributed by atoms with E-state index in [2.05, 4.69) is 45.0 Å². The van der Waals surface area contributed by atoms with Gasteiger partial charge in [-0.3, -0.25) is 0 Å². The van der Waals surface area contributed by atoms with E-state index in [1.807, 2.05) is 24.3 Å². The number of aromatic hydroxyl groups is 2. The van der Waals surface area contributed by atoms with Crippen LogP contribution < -0.4 is 0 Å². The second-order valence-electron chi connectivity index (χ2n) is 8.53. The molecule has 2 aromatic rings. The Kier molecular flexibility index (Phi) is 5.32. The molecule has 0 heterocycles. The van der Waals surface area contributed by atoms with Crippen LogP contribution in [0.1, 0.15) is 70.4 Å². The SMILES string of the molecule is CCC1CCC(C)(CC)CC(c2ccc(O)cc2)(c2ccc(O)cc2)C1. The average Bonchev–Trinajstić information content (AvgIpc) is 2.81. The first-order valence-electron chi connectivity index (χ1n) is 10.00. The van der Waals surface area contributed by atoms with Crippen LogP contribution in [-0.2, 0) is 5.41 Å². The predicted molar refractivity (Wildman–Crippen MR) is 108 cm³/mol. The zero-order chi connectivity index (χ0) is 18.8. The Morgan fingerprint density at radius 3 is 1.81 bits per heavy atom. The zero-order valence-corrected chi connectivity index (χ0v) is 16.3. The highest BCUT2D eigenvalue weighted by molar-refractivity contribution is 5.43. The molecule has 26 heavy (non-hydrogen) atoms. The maximum Gasteiger partial charge on any atom is 0.115 e. The van der Waals surface area contributed by atoms with Gasteiger partial charge in [-0.15, -0.1) is 0 Å². The smallest absolute Gasteiger partial charge is 0.115 e. The molecule has 0 aromatic heterocycles. The molecule has 1 aliphatic carbocycles. The van der Waals surface area contributed by atoms with Gasteiger partial charge in [0.15, 0.2) is 0 Å². The molecular weight excluding hydrogens is 320 g/mol. The van der Waals surface area contributed by atoms with E-state index in [1.54, 1.807) is 0 Å². The summed E-state index contributed by atoms with van der Waals surface area (Å²) in [5, 5.41) is 19.6. The minimum Gasteiger partial charge on any atom is -0.508 e. The van der Waals surface area contributed by atoms with Gasteiger partial charge >= 0.3 is 0 Å². The van der Waals surface area contributed by atoms with Gasteiger partial charge in [0.2, 0.25) is 0 Å². The van der Waals surface area contributed by atoms with E-state index in [4.69, 9.17) is 0 Å². The molecule has 0 bridgehead atoms. The van der Waals surface area contributed by atoms with Crippen LogP contribution in [0.2, 0.25) is 0 Å². The first-order chi connectivity index (χ1) is 12.4. The third kappa shape index (κ3) is 3.60. The van der Waals surface area contributed by atoms with Gasteiger partial charge < -0.3 is 10.2 Å². The lowest BCUT2D eigenvalue weighted by molar-refractivity contribution is 0.223. The molecule has 0 amide bonds. The molecule has 2 nitrogen and oxygen atoms in total. The number of hydrogen-bond donors (Lipinski definition) is 2. The summed E-state index contributed by atoms with van der Waals surface area (Å²) >= 11 is 0. The molecule has 0 saturated heterocycles. The van der Waals surface area contributed by atoms with Gasteiger partial charge in [-0.2, -0.15) is 0 Å². The first-order valence-corrected chi connectivity index (χ1v) is 10.00. The Morgan fingerprint density at radius 2 is 1.38 bits per heavy atom. The van der Waals surface area contributed by atoms with Crippen LogP contribution in [0.3, 0.4) is 0 Å². The highest BCUT2D eigenvalue weighted by Gasteiger charge is 2.44. The largest absolute Gasteiger partial charge is 0.508 e. The van der Waals surface area contributed by atoms with Crippen molar-refractivity contribution in [3.8, 4) is 11.5 Å². The summed E-state index contributed by atoms with van der Waals surface area (Å²) in [6, 6.07) is 15.6. The number of phenolic OH excluding ortho intramolecular Hbond substituents is 2. The predicted octanol–water partition coefficient (Wildman–Crippen LogP) is 6.40. The van der Waals surface area contributed by atoms with Gasteiger partial charge in [-0.05, 0) is 72.4 Å². The summed E-state index contributed by atoms with van der Waals surface area (Å²) in [7, 11) is 0. The number of hydrogen-bond acceptors (Lipinski definition) is 2. The Morgan fingerprint density at radius 1 is 0.885 bits per heavy atom. The fraction of sp³-hybridized carbons (Fsp3) is 0.500. The van der Waals surface area contributed by atoms with Gasteiger partial charge in [0.1, 0.15) is 11.5 Å². The van der Waals surface area contributed by atoms with Crippen molar-refractivity contribution in [2.45, 2.75) is 64.7 Å². The Labute approximate surface area is 157 Å². The first kappa shape index (κ1) is 18.8. The summed E-state index contributed by atoms with van der Waals surface area (Å²) in [6.45, 7) is 7.04. The summed E-state index contributed by atoms with van der Waals surface area (Å²) in [6.07, 6.45) is 7.12. The molecule has 2 aromatic carbocycles. The third-order valence-electron chi connectivity index (χ3n) is 6.79. The lowest BCUT2D eigenvalue weighted by atomic mass is 9.62. The van der Waals surface area contributed by atoms with Crippen molar-refractivity contribution >= 4 is 0 Å². The van der Waals surface area contributed by atoms with Crippen LogP contribution in [0.4, 0.5) is 0 Å². The Balaban J connectivity index is 2.20. The van der Waals surface area contributed by atoms with Crippen molar-refractivity contribution in [3.05, 3.63) is 59.7 Å². The second kappa shape index (κ2) is 7.34. The molecule has 1 fully saturated rings. The van der Waals surface area contributed by atoms with Gasteiger partial charge in [0, 0.05) is 5.41 Å². The topological polar surface area (TPSA) is 40.5 Å². The maximum absolute atomic E-state index is 9.82. The third-order valence-corrected chi connectivity index (χ3v) is 6.79. The van der Waals surface area contributed by atoms with Crippen LogP contribution in [0.15, 0.2) is 48.5 Å². The van der Waals surface area contributed by atoms with Crippen molar-refractivity contribution in [1.29, 1.82) is 0 Å². The van der Waals surface area contributed by atoms with Gasteiger partial charge in [-0.1, -0.05) is 57.9 Å². The number of phenols is 2. The standard InChI is InChI=1S/C24H32O2/c1-4-18-14-15-23(3,5-2)17-24(16-18,19-6-10-21(25)11-7-19)20-8-12-22(26)13-9-20/h6-13,18,25-26H,4-5,14-17H2,1-3H3. The fourth-order valence-corrected chi connectivity index (χ4v) is 4.85. The van der Waals surface area contributed by atoms with Gasteiger partial charge in [-0.25, -0.2) is 0 Å². The molecule has 1 saturated carbocycles. The molecule has 0 aliphatic heterocycles. The molecule has 2 N–H and O–H groups in total. The monoisotopic (exact) mass is 352 g/mol. The normalized spacial score (nSPS) is 25.6. The zero-order valence-electron chi connectivity index (χ0n) is 16.3. The lowest BCUT2D eigenvalue weighted by Crippen LogP contribution is -2.34. The molecule has 2 atom stereocenters. The quantitative estimate of drug-likeness (QED) is 0.625. The summed E-state index contributed by atoms with van der Waals surface area (Å²) in [5.41, 5.74) is 2.77. The lowest BCUT2D eigenvalue weighted by Gasteiger charge is -2.41. The molecule has 0 radical (unpaired) electrons. The van der Waals surface area contributed by atoms with E-state index in [9.17, 15) is 10.2 Å². The van der Waals surface area contributed by atoms with Crippen LogP contribution >= 0.6 is 0 Å². The maximum atomic E-state index is 9.82. The van der Waals surface area contributed by atoms with E-state index in [0.717, 1.165) is 12.8 Å². The van der Waals surface area contributed by atoms with Crippen LogP contribution in [0, 0.1) is 11.3 Å². The van der Waals surface area contributed by atoms with Gasteiger partial charge in [0.05, 0.1) is 0 Å². The van der Waals surface area contributed by atoms with E-state index in [0.29, 0.717) is 22.8 Å². The average molecular weight is 353 g/mol. The van der Waals surface area contributed by atoms with Crippen molar-refractivity contribution < 1.29 is 10.2 Å². The minimum absolute atomic E-state index is 0.0800. The molecule has 2 unspecified atom stereocenters. The van der Waals surface area contributed by atoms with Crippen LogP contribution in [-0.4, -0.2) is 10.2 Å².